The summed E-state index contributed by atoms with van der Waals surface area (Å²) in [4.78, 5) is 26.7. The van der Waals surface area contributed by atoms with Crippen LogP contribution in [0.3, 0.4) is 0 Å². The lowest BCUT2D eigenvalue weighted by Crippen LogP contribution is -2.54. The summed E-state index contributed by atoms with van der Waals surface area (Å²) < 4.78 is 0. The first kappa shape index (κ1) is 17.3. The maximum Gasteiger partial charge on any atom is 0.225 e. The van der Waals surface area contributed by atoms with Crippen molar-refractivity contribution < 1.29 is 9.59 Å². The summed E-state index contributed by atoms with van der Waals surface area (Å²) in [5.74, 6) is 0.382. The average molecular weight is 309 g/mol. The number of nitrogens with zero attached hydrogens (tertiary/aromatic N) is 1. The van der Waals surface area contributed by atoms with Crippen LogP contribution < -0.4 is 11.1 Å². The number of likely N-dealkylation sites (tertiary alicyclic amines) is 1. The van der Waals surface area contributed by atoms with Crippen molar-refractivity contribution in [1.29, 1.82) is 0 Å². The largest absolute Gasteiger partial charge is 0.349 e. The van der Waals surface area contributed by atoms with Crippen LogP contribution in [-0.4, -0.2) is 41.4 Å². The number of carbonyl (C=O) groups is 2. The summed E-state index contributed by atoms with van der Waals surface area (Å²) in [7, 11) is 0. The molecule has 126 valence electrons. The Bertz CT molecular complexity index is 418. The predicted octanol–water partition coefficient (Wildman–Crippen LogP) is 1.66. The van der Waals surface area contributed by atoms with E-state index in [1.165, 1.54) is 12.8 Å². The van der Waals surface area contributed by atoms with Crippen molar-refractivity contribution in [2.75, 3.05) is 13.1 Å². The molecule has 1 saturated carbocycles. The normalized spacial score (nSPS) is 25.8. The Hall–Kier alpha value is -1.10. The van der Waals surface area contributed by atoms with Crippen molar-refractivity contribution >= 4 is 11.8 Å². The minimum atomic E-state index is -0.380. The van der Waals surface area contributed by atoms with Gasteiger partial charge in [-0.25, -0.2) is 0 Å². The number of rotatable bonds is 6. The van der Waals surface area contributed by atoms with Gasteiger partial charge in [-0.2, -0.15) is 0 Å². The highest BCUT2D eigenvalue weighted by molar-refractivity contribution is 5.89. The van der Waals surface area contributed by atoms with Gasteiger partial charge >= 0.3 is 0 Å². The molecule has 1 saturated heterocycles. The van der Waals surface area contributed by atoms with Crippen LogP contribution in [0.2, 0.25) is 0 Å². The van der Waals surface area contributed by atoms with E-state index in [2.05, 4.69) is 19.2 Å². The maximum atomic E-state index is 12.6. The van der Waals surface area contributed by atoms with Gasteiger partial charge in [0.25, 0.3) is 0 Å². The molecule has 2 unspecified atom stereocenters. The lowest BCUT2D eigenvalue weighted by atomic mass is 9.90. The van der Waals surface area contributed by atoms with Gasteiger partial charge in [0.2, 0.25) is 11.8 Å². The molecular weight excluding hydrogens is 278 g/mol. The van der Waals surface area contributed by atoms with Crippen molar-refractivity contribution in [2.24, 2.45) is 17.6 Å². The van der Waals surface area contributed by atoms with Gasteiger partial charge in [-0.05, 0) is 32.1 Å². The highest BCUT2D eigenvalue weighted by atomic mass is 16.2. The van der Waals surface area contributed by atoms with Gasteiger partial charge in [-0.3, -0.25) is 9.59 Å². The van der Waals surface area contributed by atoms with Crippen molar-refractivity contribution in [2.45, 2.75) is 70.9 Å². The standard InChI is InChI=1S/C17H31N3O2/c1-12(2)9-17(3,11-18)19-16(22)13-8-15(21)20(10-13)14-6-4-5-7-14/h12-14H,4-11,18H2,1-3H3,(H,19,22). The fraction of sp³-hybridized carbons (Fsp3) is 0.882. The quantitative estimate of drug-likeness (QED) is 0.783. The van der Waals surface area contributed by atoms with E-state index >= 15 is 0 Å². The van der Waals surface area contributed by atoms with Gasteiger partial charge in [0.05, 0.1) is 5.92 Å². The van der Waals surface area contributed by atoms with Crippen LogP contribution in [-0.2, 0) is 9.59 Å². The Balaban J connectivity index is 1.94. The minimum absolute atomic E-state index is 0.0116. The van der Waals surface area contributed by atoms with E-state index in [4.69, 9.17) is 5.73 Å². The molecule has 5 nitrogen and oxygen atoms in total. The fourth-order valence-electron chi connectivity index (χ4n) is 3.96. The molecule has 3 N–H and O–H groups in total. The van der Waals surface area contributed by atoms with Crippen LogP contribution in [0.5, 0.6) is 0 Å². The first-order chi connectivity index (χ1) is 10.3. The summed E-state index contributed by atoms with van der Waals surface area (Å²) in [6.45, 7) is 7.25. The number of hydrogen-bond acceptors (Lipinski definition) is 3. The molecule has 1 heterocycles. The molecule has 1 aliphatic carbocycles. The van der Waals surface area contributed by atoms with Gasteiger partial charge in [-0.1, -0.05) is 26.7 Å². The van der Waals surface area contributed by atoms with E-state index in [-0.39, 0.29) is 23.3 Å². The second kappa shape index (κ2) is 6.99. The topological polar surface area (TPSA) is 75.4 Å². The van der Waals surface area contributed by atoms with Gasteiger partial charge in [0.15, 0.2) is 0 Å². The SMILES string of the molecule is CC(C)CC(C)(CN)NC(=O)C1CC(=O)N(C2CCCC2)C1. The summed E-state index contributed by atoms with van der Waals surface area (Å²) >= 11 is 0. The second-order valence-electron chi connectivity index (χ2n) is 7.74. The summed E-state index contributed by atoms with van der Waals surface area (Å²) in [6, 6.07) is 0.363. The molecule has 5 heteroatoms. The number of amides is 2. The Morgan fingerprint density at radius 3 is 2.59 bits per heavy atom. The van der Waals surface area contributed by atoms with Crippen LogP contribution in [0, 0.1) is 11.8 Å². The third-order valence-electron chi connectivity index (χ3n) is 5.03. The minimum Gasteiger partial charge on any atom is -0.349 e. The van der Waals surface area contributed by atoms with Crippen LogP contribution in [0.15, 0.2) is 0 Å². The Kier molecular flexibility index (Phi) is 5.48. The summed E-state index contributed by atoms with van der Waals surface area (Å²) in [5, 5.41) is 3.11. The lowest BCUT2D eigenvalue weighted by molar-refractivity contribution is -0.130. The van der Waals surface area contributed by atoms with Gasteiger partial charge < -0.3 is 16.0 Å². The summed E-state index contributed by atoms with van der Waals surface area (Å²) in [6.07, 6.45) is 5.78. The second-order valence-corrected chi connectivity index (χ2v) is 7.74. The number of nitrogens with two attached hydrogens (primary N) is 1. The van der Waals surface area contributed by atoms with Crippen LogP contribution >= 0.6 is 0 Å². The molecule has 2 fully saturated rings. The van der Waals surface area contributed by atoms with E-state index in [0.29, 0.717) is 31.5 Å². The van der Waals surface area contributed by atoms with Crippen molar-refractivity contribution in [3.05, 3.63) is 0 Å². The van der Waals surface area contributed by atoms with Crippen LogP contribution in [0.1, 0.15) is 59.3 Å². The molecule has 2 atom stereocenters. The Labute approximate surface area is 134 Å². The smallest absolute Gasteiger partial charge is 0.225 e. The zero-order chi connectivity index (χ0) is 16.3. The fourth-order valence-corrected chi connectivity index (χ4v) is 3.96. The molecule has 1 aliphatic heterocycles. The van der Waals surface area contributed by atoms with Gasteiger partial charge in [0.1, 0.15) is 0 Å². The zero-order valence-electron chi connectivity index (χ0n) is 14.2. The first-order valence-corrected chi connectivity index (χ1v) is 8.66. The highest BCUT2D eigenvalue weighted by Crippen LogP contribution is 2.30. The van der Waals surface area contributed by atoms with E-state index in [9.17, 15) is 9.59 Å². The lowest BCUT2D eigenvalue weighted by Gasteiger charge is -2.32. The van der Waals surface area contributed by atoms with Crippen molar-refractivity contribution in [3.8, 4) is 0 Å². The van der Waals surface area contributed by atoms with E-state index < -0.39 is 0 Å². The van der Waals surface area contributed by atoms with Crippen LogP contribution in [0.4, 0.5) is 0 Å². The summed E-state index contributed by atoms with van der Waals surface area (Å²) in [5.41, 5.74) is 5.48. The van der Waals surface area contributed by atoms with Crippen molar-refractivity contribution in [3.63, 3.8) is 0 Å². The Morgan fingerprint density at radius 2 is 2.05 bits per heavy atom. The number of nitrogens with one attached hydrogen (secondary N) is 1. The molecule has 2 rings (SSSR count). The van der Waals surface area contributed by atoms with Crippen LogP contribution in [0.25, 0.3) is 0 Å². The van der Waals surface area contributed by atoms with Gasteiger partial charge in [-0.15, -0.1) is 0 Å². The molecule has 2 aliphatic rings. The molecule has 2 amide bonds. The van der Waals surface area contributed by atoms with E-state index in [1.807, 2.05) is 11.8 Å². The third-order valence-corrected chi connectivity index (χ3v) is 5.03. The monoisotopic (exact) mass is 309 g/mol. The number of carbonyl (C=O) groups excluding carboxylic acids is 2. The molecule has 0 aromatic rings. The molecule has 22 heavy (non-hydrogen) atoms. The molecule has 0 radical (unpaired) electrons. The number of hydrogen-bond donors (Lipinski definition) is 2. The third kappa shape index (κ3) is 4.00. The highest BCUT2D eigenvalue weighted by Gasteiger charge is 2.40. The van der Waals surface area contributed by atoms with Crippen molar-refractivity contribution in [1.82, 2.24) is 10.2 Å². The zero-order valence-corrected chi connectivity index (χ0v) is 14.2. The molecule has 0 spiro atoms. The first-order valence-electron chi connectivity index (χ1n) is 8.66. The molecular formula is C17H31N3O2. The average Bonchev–Trinajstić information content (AvgIpc) is 3.06. The molecule has 0 aromatic carbocycles. The predicted molar refractivity (Wildman–Crippen MR) is 87.1 cm³/mol. The molecule has 0 aromatic heterocycles. The maximum absolute atomic E-state index is 12.6. The van der Waals surface area contributed by atoms with E-state index in [0.717, 1.165) is 19.3 Å². The van der Waals surface area contributed by atoms with E-state index in [1.54, 1.807) is 0 Å². The Morgan fingerprint density at radius 1 is 1.41 bits per heavy atom. The van der Waals surface area contributed by atoms with Gasteiger partial charge in [0, 0.05) is 31.1 Å². The molecule has 0 bridgehead atoms.